The predicted octanol–water partition coefficient (Wildman–Crippen LogP) is 2.95. The Hall–Kier alpha value is -1.30. The van der Waals surface area contributed by atoms with E-state index in [-0.39, 0.29) is 0 Å². The Morgan fingerprint density at radius 2 is 2.22 bits per heavy atom. The zero-order chi connectivity index (χ0) is 13.2. The second-order valence-corrected chi connectivity index (χ2v) is 4.62. The first-order valence-electron chi connectivity index (χ1n) is 6.62. The molecule has 0 heterocycles. The number of benzene rings is 1. The molecule has 0 amide bonds. The first kappa shape index (κ1) is 14.8. The van der Waals surface area contributed by atoms with Gasteiger partial charge in [0.25, 0.3) is 0 Å². The van der Waals surface area contributed by atoms with E-state index in [4.69, 9.17) is 10.5 Å². The lowest BCUT2D eigenvalue weighted by molar-refractivity contribution is 0.0893. The SMILES string of the molecule is CCCC(C)COCc1cccc(C#CCN)c1. The first-order chi connectivity index (χ1) is 8.76. The molecule has 2 nitrogen and oxygen atoms in total. The minimum Gasteiger partial charge on any atom is -0.376 e. The topological polar surface area (TPSA) is 35.2 Å². The molecule has 0 saturated heterocycles. The lowest BCUT2D eigenvalue weighted by Gasteiger charge is -2.10. The molecule has 2 heteroatoms. The fraction of sp³-hybridized carbons (Fsp3) is 0.500. The Bertz CT molecular complexity index is 403. The van der Waals surface area contributed by atoms with Gasteiger partial charge in [-0.05, 0) is 30.0 Å². The Morgan fingerprint density at radius 3 is 2.94 bits per heavy atom. The molecule has 2 N–H and O–H groups in total. The minimum absolute atomic E-state index is 0.398. The molecule has 1 atom stereocenters. The summed E-state index contributed by atoms with van der Waals surface area (Å²) >= 11 is 0. The van der Waals surface area contributed by atoms with Gasteiger partial charge in [-0.25, -0.2) is 0 Å². The average molecular weight is 245 g/mol. The molecule has 0 aliphatic carbocycles. The van der Waals surface area contributed by atoms with Gasteiger partial charge in [-0.3, -0.25) is 0 Å². The highest BCUT2D eigenvalue weighted by atomic mass is 16.5. The van der Waals surface area contributed by atoms with E-state index in [0.29, 0.717) is 19.1 Å². The Kier molecular flexibility index (Phi) is 7.17. The van der Waals surface area contributed by atoms with Gasteiger partial charge >= 0.3 is 0 Å². The molecule has 0 aliphatic heterocycles. The molecular weight excluding hydrogens is 222 g/mol. The summed E-state index contributed by atoms with van der Waals surface area (Å²) in [5.41, 5.74) is 7.53. The van der Waals surface area contributed by atoms with Crippen molar-refractivity contribution in [1.82, 2.24) is 0 Å². The molecule has 18 heavy (non-hydrogen) atoms. The van der Waals surface area contributed by atoms with Crippen molar-refractivity contribution in [1.29, 1.82) is 0 Å². The monoisotopic (exact) mass is 245 g/mol. The number of ether oxygens (including phenoxy) is 1. The molecule has 0 saturated carbocycles. The summed E-state index contributed by atoms with van der Waals surface area (Å²) in [5, 5.41) is 0. The normalized spacial score (nSPS) is 11.7. The maximum Gasteiger partial charge on any atom is 0.0717 e. The van der Waals surface area contributed by atoms with Crippen LogP contribution in [0, 0.1) is 17.8 Å². The fourth-order valence-electron chi connectivity index (χ4n) is 1.85. The standard InChI is InChI=1S/C16H23NO/c1-3-6-14(2)12-18-13-16-8-4-7-15(11-16)9-5-10-17/h4,7-8,11,14H,3,6,10,12-13,17H2,1-2H3. The quantitative estimate of drug-likeness (QED) is 0.782. The van der Waals surface area contributed by atoms with Gasteiger partial charge in [-0.2, -0.15) is 0 Å². The molecular formula is C16H23NO. The van der Waals surface area contributed by atoms with Crippen molar-refractivity contribution in [3.05, 3.63) is 35.4 Å². The summed E-state index contributed by atoms with van der Waals surface area (Å²) < 4.78 is 5.72. The highest BCUT2D eigenvalue weighted by Crippen LogP contribution is 2.09. The third kappa shape index (κ3) is 5.86. The Morgan fingerprint density at radius 1 is 1.39 bits per heavy atom. The van der Waals surface area contributed by atoms with Crippen LogP contribution in [0.5, 0.6) is 0 Å². The summed E-state index contributed by atoms with van der Waals surface area (Å²) in [5.74, 6) is 6.53. The smallest absolute Gasteiger partial charge is 0.0717 e. The van der Waals surface area contributed by atoms with E-state index in [1.165, 1.54) is 18.4 Å². The van der Waals surface area contributed by atoms with Gasteiger partial charge in [-0.15, -0.1) is 0 Å². The van der Waals surface area contributed by atoms with Crippen molar-refractivity contribution >= 4 is 0 Å². The van der Waals surface area contributed by atoms with Crippen molar-refractivity contribution in [3.8, 4) is 11.8 Å². The van der Waals surface area contributed by atoms with E-state index in [9.17, 15) is 0 Å². The van der Waals surface area contributed by atoms with E-state index in [1.54, 1.807) is 0 Å². The summed E-state index contributed by atoms with van der Waals surface area (Å²) in [6.07, 6.45) is 2.44. The van der Waals surface area contributed by atoms with E-state index in [2.05, 4.69) is 37.8 Å². The molecule has 0 aliphatic rings. The summed E-state index contributed by atoms with van der Waals surface area (Å²) in [4.78, 5) is 0. The van der Waals surface area contributed by atoms with Crippen molar-refractivity contribution < 1.29 is 4.74 Å². The third-order valence-electron chi connectivity index (χ3n) is 2.71. The van der Waals surface area contributed by atoms with Crippen LogP contribution >= 0.6 is 0 Å². The second kappa shape index (κ2) is 8.74. The number of hydrogen-bond acceptors (Lipinski definition) is 2. The predicted molar refractivity (Wildman–Crippen MR) is 76.1 cm³/mol. The van der Waals surface area contributed by atoms with Gasteiger partial charge in [-0.1, -0.05) is 44.2 Å². The van der Waals surface area contributed by atoms with Gasteiger partial charge in [0.05, 0.1) is 13.2 Å². The number of nitrogens with two attached hydrogens (primary N) is 1. The highest BCUT2D eigenvalue weighted by Gasteiger charge is 2.01. The average Bonchev–Trinajstić information content (AvgIpc) is 2.37. The molecule has 0 radical (unpaired) electrons. The summed E-state index contributed by atoms with van der Waals surface area (Å²) in [7, 11) is 0. The zero-order valence-electron chi connectivity index (χ0n) is 11.4. The van der Waals surface area contributed by atoms with Crippen LogP contribution in [-0.4, -0.2) is 13.2 Å². The molecule has 0 spiro atoms. The molecule has 98 valence electrons. The van der Waals surface area contributed by atoms with Gasteiger partial charge in [0.15, 0.2) is 0 Å². The van der Waals surface area contributed by atoms with E-state index in [0.717, 1.165) is 12.2 Å². The van der Waals surface area contributed by atoms with Crippen LogP contribution < -0.4 is 5.73 Å². The van der Waals surface area contributed by atoms with Gasteiger partial charge in [0.2, 0.25) is 0 Å². The van der Waals surface area contributed by atoms with Crippen LogP contribution in [0.25, 0.3) is 0 Å². The highest BCUT2D eigenvalue weighted by molar-refractivity contribution is 5.37. The fourth-order valence-corrected chi connectivity index (χ4v) is 1.85. The van der Waals surface area contributed by atoms with Crippen molar-refractivity contribution in [2.45, 2.75) is 33.3 Å². The molecule has 1 aromatic rings. The van der Waals surface area contributed by atoms with Gasteiger partial charge in [0.1, 0.15) is 0 Å². The molecule has 1 unspecified atom stereocenters. The largest absolute Gasteiger partial charge is 0.376 e. The van der Waals surface area contributed by atoms with Crippen LogP contribution in [0.15, 0.2) is 24.3 Å². The Balaban J connectivity index is 2.42. The van der Waals surface area contributed by atoms with Crippen molar-refractivity contribution in [3.63, 3.8) is 0 Å². The molecule has 1 rings (SSSR count). The van der Waals surface area contributed by atoms with E-state index in [1.807, 2.05) is 12.1 Å². The van der Waals surface area contributed by atoms with Gasteiger partial charge < -0.3 is 10.5 Å². The molecule has 0 fully saturated rings. The van der Waals surface area contributed by atoms with Gasteiger partial charge in [0, 0.05) is 12.2 Å². The lowest BCUT2D eigenvalue weighted by Crippen LogP contribution is -2.05. The summed E-state index contributed by atoms with van der Waals surface area (Å²) in [6, 6.07) is 8.13. The van der Waals surface area contributed by atoms with E-state index >= 15 is 0 Å². The van der Waals surface area contributed by atoms with Crippen LogP contribution in [0.1, 0.15) is 37.8 Å². The van der Waals surface area contributed by atoms with E-state index < -0.39 is 0 Å². The molecule has 0 aromatic heterocycles. The van der Waals surface area contributed by atoms with Crippen LogP contribution in [0.4, 0.5) is 0 Å². The van der Waals surface area contributed by atoms with Crippen LogP contribution in [0.3, 0.4) is 0 Å². The third-order valence-corrected chi connectivity index (χ3v) is 2.71. The number of rotatable bonds is 6. The molecule has 1 aromatic carbocycles. The first-order valence-corrected chi connectivity index (χ1v) is 6.62. The number of hydrogen-bond donors (Lipinski definition) is 1. The maximum atomic E-state index is 5.72. The second-order valence-electron chi connectivity index (χ2n) is 4.62. The van der Waals surface area contributed by atoms with Crippen molar-refractivity contribution in [2.75, 3.05) is 13.2 Å². The van der Waals surface area contributed by atoms with Crippen LogP contribution in [0.2, 0.25) is 0 Å². The molecule has 0 bridgehead atoms. The lowest BCUT2D eigenvalue weighted by atomic mass is 10.1. The van der Waals surface area contributed by atoms with Crippen molar-refractivity contribution in [2.24, 2.45) is 11.7 Å². The van der Waals surface area contributed by atoms with Crippen LogP contribution in [-0.2, 0) is 11.3 Å². The summed E-state index contributed by atoms with van der Waals surface area (Å²) in [6.45, 7) is 6.32. The zero-order valence-corrected chi connectivity index (χ0v) is 11.4. The Labute approximate surface area is 111 Å². The minimum atomic E-state index is 0.398. The maximum absolute atomic E-state index is 5.72.